The molecule has 1 aromatic rings. The fourth-order valence-corrected chi connectivity index (χ4v) is 2.40. The molecule has 2 amide bonds. The van der Waals surface area contributed by atoms with Gasteiger partial charge < -0.3 is 10.6 Å². The van der Waals surface area contributed by atoms with Gasteiger partial charge in [-0.15, -0.1) is 0 Å². The summed E-state index contributed by atoms with van der Waals surface area (Å²) in [5, 5.41) is 5.22. The third-order valence-corrected chi connectivity index (χ3v) is 3.43. The summed E-state index contributed by atoms with van der Waals surface area (Å²) in [6, 6.07) is 1.83. The fourth-order valence-electron chi connectivity index (χ4n) is 1.68. The van der Waals surface area contributed by atoms with Crippen LogP contribution in [-0.4, -0.2) is 17.9 Å². The molecule has 1 heterocycles. The van der Waals surface area contributed by atoms with Crippen LogP contribution in [0.4, 0.5) is 10.1 Å². The van der Waals surface area contributed by atoms with Crippen LogP contribution in [0.15, 0.2) is 12.1 Å². The van der Waals surface area contributed by atoms with Crippen LogP contribution in [0.25, 0.3) is 0 Å². The van der Waals surface area contributed by atoms with Crippen LogP contribution in [0.1, 0.15) is 23.7 Å². The molecule has 1 aromatic carbocycles. The van der Waals surface area contributed by atoms with Gasteiger partial charge in [-0.05, 0) is 41.1 Å². The zero-order valence-electron chi connectivity index (χ0n) is 9.01. The molecular weight excluding hydrogens is 338 g/mol. The van der Waals surface area contributed by atoms with E-state index in [-0.39, 0.29) is 11.5 Å². The van der Waals surface area contributed by atoms with Gasteiger partial charge >= 0.3 is 0 Å². The van der Waals surface area contributed by atoms with Crippen molar-refractivity contribution in [2.24, 2.45) is 0 Å². The molecule has 0 aliphatic carbocycles. The van der Waals surface area contributed by atoms with Crippen molar-refractivity contribution in [2.45, 2.75) is 19.4 Å². The minimum atomic E-state index is -0.575. The van der Waals surface area contributed by atoms with E-state index in [2.05, 4.69) is 10.6 Å². The van der Waals surface area contributed by atoms with Gasteiger partial charge in [-0.2, -0.15) is 0 Å². The van der Waals surface area contributed by atoms with Gasteiger partial charge in [-0.25, -0.2) is 4.39 Å². The normalized spacial score (nSPS) is 19.1. The number of rotatable bonds is 1. The molecule has 0 bridgehead atoms. The Balaban J connectivity index is 2.53. The van der Waals surface area contributed by atoms with Crippen LogP contribution in [0.5, 0.6) is 0 Å². The highest BCUT2D eigenvalue weighted by atomic mass is 127. The Labute approximate surface area is 111 Å². The van der Waals surface area contributed by atoms with E-state index in [1.165, 1.54) is 6.07 Å². The molecule has 90 valence electrons. The Morgan fingerprint density at radius 3 is 2.76 bits per heavy atom. The first-order valence-corrected chi connectivity index (χ1v) is 6.21. The Bertz CT molecular complexity index is 504. The summed E-state index contributed by atoms with van der Waals surface area (Å²) in [7, 11) is 0. The highest BCUT2D eigenvalue weighted by Crippen LogP contribution is 2.26. The van der Waals surface area contributed by atoms with Gasteiger partial charge in [0.25, 0.3) is 5.91 Å². The van der Waals surface area contributed by atoms with E-state index in [1.807, 2.05) is 22.6 Å². The van der Waals surface area contributed by atoms with Crippen LogP contribution in [0, 0.1) is 9.39 Å². The van der Waals surface area contributed by atoms with Crippen molar-refractivity contribution in [2.75, 3.05) is 5.32 Å². The molecule has 4 nitrogen and oxygen atoms in total. The van der Waals surface area contributed by atoms with E-state index in [0.29, 0.717) is 15.7 Å². The molecule has 2 rings (SSSR count). The third-order valence-electron chi connectivity index (χ3n) is 2.58. The van der Waals surface area contributed by atoms with Crippen LogP contribution in [0.3, 0.4) is 0 Å². The molecule has 6 heteroatoms. The van der Waals surface area contributed by atoms with E-state index in [0.717, 1.165) is 6.07 Å². The number of benzene rings is 1. The number of nitrogens with one attached hydrogen (secondary N) is 2. The zero-order valence-corrected chi connectivity index (χ0v) is 11.2. The molecule has 1 unspecified atom stereocenters. The monoisotopic (exact) mass is 348 g/mol. The second kappa shape index (κ2) is 4.59. The van der Waals surface area contributed by atoms with Crippen molar-refractivity contribution in [3.63, 3.8) is 0 Å². The van der Waals surface area contributed by atoms with Crippen molar-refractivity contribution in [1.82, 2.24) is 5.32 Å². The van der Waals surface area contributed by atoms with Crippen molar-refractivity contribution in [1.29, 1.82) is 0 Å². The molecule has 0 aromatic heterocycles. The lowest BCUT2D eigenvalue weighted by Crippen LogP contribution is -2.40. The summed E-state index contributed by atoms with van der Waals surface area (Å²) < 4.78 is 13.8. The molecule has 0 fully saturated rings. The van der Waals surface area contributed by atoms with Gasteiger partial charge in [-0.3, -0.25) is 9.59 Å². The number of carbonyl (C=O) groups excluding carboxylic acids is 2. The van der Waals surface area contributed by atoms with E-state index < -0.39 is 17.8 Å². The van der Waals surface area contributed by atoms with Gasteiger partial charge in [-0.1, -0.05) is 6.92 Å². The molecule has 17 heavy (non-hydrogen) atoms. The predicted molar refractivity (Wildman–Crippen MR) is 69.3 cm³/mol. The highest BCUT2D eigenvalue weighted by molar-refractivity contribution is 14.1. The summed E-state index contributed by atoms with van der Waals surface area (Å²) in [5.41, 5.74) is 0.546. The maximum atomic E-state index is 13.2. The number of halogens is 2. The van der Waals surface area contributed by atoms with Gasteiger partial charge in [0.15, 0.2) is 0 Å². The van der Waals surface area contributed by atoms with E-state index in [1.54, 1.807) is 6.92 Å². The van der Waals surface area contributed by atoms with Crippen molar-refractivity contribution in [3.05, 3.63) is 27.1 Å². The van der Waals surface area contributed by atoms with E-state index in [9.17, 15) is 14.0 Å². The Morgan fingerprint density at radius 1 is 1.41 bits per heavy atom. The Hall–Kier alpha value is -1.18. The maximum Gasteiger partial charge on any atom is 0.254 e. The topological polar surface area (TPSA) is 58.2 Å². The first kappa shape index (κ1) is 12.3. The number of hydrogen-bond donors (Lipinski definition) is 2. The highest BCUT2D eigenvalue weighted by Gasteiger charge is 2.28. The van der Waals surface area contributed by atoms with Gasteiger partial charge in [0.1, 0.15) is 11.9 Å². The lowest BCUT2D eigenvalue weighted by molar-refractivity contribution is -0.117. The molecule has 0 spiro atoms. The average Bonchev–Trinajstić information content (AvgIpc) is 2.38. The number of fused-ring (bicyclic) bond motifs is 1. The van der Waals surface area contributed by atoms with Gasteiger partial charge in [0.2, 0.25) is 5.91 Å². The summed E-state index contributed by atoms with van der Waals surface area (Å²) in [6.07, 6.45) is 0.491. The lowest BCUT2D eigenvalue weighted by atomic mass is 10.1. The molecular formula is C11H10FIN2O2. The standard InChI is InChI=1S/C11H10FIN2O2/c1-2-8-11(17)15-9-6(10(16)14-8)3-5(12)4-7(9)13/h3-4,8H,2H2,1H3,(H,14,16)(H,15,17). The van der Waals surface area contributed by atoms with Crippen molar-refractivity contribution >= 4 is 40.1 Å². The summed E-state index contributed by atoms with van der Waals surface area (Å²) in [6.45, 7) is 1.80. The Morgan fingerprint density at radius 2 is 2.12 bits per heavy atom. The van der Waals surface area contributed by atoms with Gasteiger partial charge in [0.05, 0.1) is 11.3 Å². The summed E-state index contributed by atoms with van der Waals surface area (Å²) in [4.78, 5) is 23.6. The van der Waals surface area contributed by atoms with Crippen LogP contribution < -0.4 is 10.6 Å². The predicted octanol–water partition coefficient (Wildman–Crippen LogP) is 1.89. The third kappa shape index (κ3) is 2.26. The number of hydrogen-bond acceptors (Lipinski definition) is 2. The van der Waals surface area contributed by atoms with Crippen molar-refractivity contribution < 1.29 is 14.0 Å². The molecule has 0 radical (unpaired) electrons. The molecule has 2 N–H and O–H groups in total. The number of carbonyl (C=O) groups is 2. The number of anilines is 1. The Kier molecular flexibility index (Phi) is 3.32. The summed E-state index contributed by atoms with van der Waals surface area (Å²) >= 11 is 1.89. The summed E-state index contributed by atoms with van der Waals surface area (Å²) in [5.74, 6) is -1.20. The minimum Gasteiger partial charge on any atom is -0.340 e. The lowest BCUT2D eigenvalue weighted by Gasteiger charge is -2.11. The fraction of sp³-hybridized carbons (Fsp3) is 0.273. The molecule has 0 saturated heterocycles. The second-order valence-corrected chi connectivity index (χ2v) is 4.90. The minimum absolute atomic E-state index is 0.165. The van der Waals surface area contributed by atoms with Crippen LogP contribution >= 0.6 is 22.6 Å². The molecule has 0 saturated carbocycles. The zero-order chi connectivity index (χ0) is 12.6. The largest absolute Gasteiger partial charge is 0.340 e. The smallest absolute Gasteiger partial charge is 0.254 e. The number of amides is 2. The first-order chi connectivity index (χ1) is 8.02. The quantitative estimate of drug-likeness (QED) is 0.762. The molecule has 1 atom stereocenters. The van der Waals surface area contributed by atoms with E-state index >= 15 is 0 Å². The SMILES string of the molecule is CCC1NC(=O)c2cc(F)cc(I)c2NC1=O. The second-order valence-electron chi connectivity index (χ2n) is 3.73. The van der Waals surface area contributed by atoms with Crippen LogP contribution in [0.2, 0.25) is 0 Å². The van der Waals surface area contributed by atoms with Crippen molar-refractivity contribution in [3.8, 4) is 0 Å². The van der Waals surface area contributed by atoms with Crippen LogP contribution in [-0.2, 0) is 4.79 Å². The first-order valence-electron chi connectivity index (χ1n) is 5.13. The average molecular weight is 348 g/mol. The van der Waals surface area contributed by atoms with E-state index in [4.69, 9.17) is 0 Å². The van der Waals surface area contributed by atoms with Gasteiger partial charge in [0, 0.05) is 3.57 Å². The maximum absolute atomic E-state index is 13.2. The molecule has 1 aliphatic heterocycles. The molecule has 1 aliphatic rings.